The van der Waals surface area contributed by atoms with Crippen LogP contribution in [-0.4, -0.2) is 16.7 Å². The predicted octanol–water partition coefficient (Wildman–Crippen LogP) is 6.64. The number of halogens is 3. The molecule has 34 heavy (non-hydrogen) atoms. The molecule has 0 fully saturated rings. The second-order valence-corrected chi connectivity index (χ2v) is 9.26. The number of nitrogens with zero attached hydrogens (tertiary/aromatic N) is 1. The van der Waals surface area contributed by atoms with Gasteiger partial charge in [0.25, 0.3) is 5.91 Å². The number of pyridine rings is 1. The molecule has 1 atom stereocenters. The Bertz CT molecular complexity index is 1250. The van der Waals surface area contributed by atoms with Gasteiger partial charge in [-0.15, -0.1) is 11.8 Å². The van der Waals surface area contributed by atoms with Crippen LogP contribution < -0.4 is 10.7 Å². The average Bonchev–Trinajstić information content (AvgIpc) is 2.78. The minimum Gasteiger partial charge on any atom is -0.348 e. The zero-order valence-electron chi connectivity index (χ0n) is 19.7. The lowest BCUT2D eigenvalue weighted by molar-refractivity contribution is -0.137. The van der Waals surface area contributed by atoms with Crippen LogP contribution in [-0.2, 0) is 6.18 Å². The lowest BCUT2D eigenvalue weighted by Crippen LogP contribution is -2.33. The van der Waals surface area contributed by atoms with Crippen molar-refractivity contribution < 1.29 is 18.0 Å². The molecule has 0 saturated carbocycles. The first-order valence-electron chi connectivity index (χ1n) is 10.8. The molecule has 1 amide bonds. The van der Waals surface area contributed by atoms with E-state index in [4.69, 9.17) is 0 Å². The maximum atomic E-state index is 13.4. The van der Waals surface area contributed by atoms with Crippen LogP contribution in [0.1, 0.15) is 60.0 Å². The minimum absolute atomic E-state index is 0.0874. The molecule has 2 aromatic carbocycles. The maximum Gasteiger partial charge on any atom is 0.416 e. The molecule has 1 heterocycles. The SMILES string of the molecule is CSc1ccc(C(C)NC(=O)c2cn(C(C)C)c(C)c(-c3cccc(C(F)(F)F)c3)c2=O)cc1. The first-order valence-corrected chi connectivity index (χ1v) is 12.0. The number of nitrogens with one attached hydrogen (secondary N) is 1. The molecule has 4 nitrogen and oxygen atoms in total. The van der Waals surface area contributed by atoms with Gasteiger partial charge in [-0.2, -0.15) is 13.2 Å². The van der Waals surface area contributed by atoms with Crippen LogP contribution >= 0.6 is 11.8 Å². The summed E-state index contributed by atoms with van der Waals surface area (Å²) in [7, 11) is 0. The second-order valence-electron chi connectivity index (χ2n) is 8.38. The normalized spacial score (nSPS) is 12.6. The third-order valence-electron chi connectivity index (χ3n) is 5.73. The molecule has 0 saturated heterocycles. The van der Waals surface area contributed by atoms with Crippen molar-refractivity contribution in [1.82, 2.24) is 9.88 Å². The molecule has 1 N–H and O–H groups in total. The van der Waals surface area contributed by atoms with Gasteiger partial charge in [-0.1, -0.05) is 24.3 Å². The number of carbonyl (C=O) groups is 1. The minimum atomic E-state index is -4.54. The number of aromatic nitrogens is 1. The Morgan fingerprint density at radius 3 is 2.26 bits per heavy atom. The topological polar surface area (TPSA) is 51.1 Å². The molecule has 180 valence electrons. The highest BCUT2D eigenvalue weighted by Gasteiger charge is 2.31. The Morgan fingerprint density at radius 1 is 1.06 bits per heavy atom. The summed E-state index contributed by atoms with van der Waals surface area (Å²) in [5, 5.41) is 2.85. The summed E-state index contributed by atoms with van der Waals surface area (Å²) in [6.07, 6.45) is -1.09. The number of hydrogen-bond donors (Lipinski definition) is 1. The monoisotopic (exact) mass is 488 g/mol. The van der Waals surface area contributed by atoms with Crippen LogP contribution in [0.5, 0.6) is 0 Å². The number of benzene rings is 2. The average molecular weight is 489 g/mol. The Hall–Kier alpha value is -3.00. The van der Waals surface area contributed by atoms with E-state index < -0.39 is 23.1 Å². The fraction of sp³-hybridized carbons (Fsp3) is 0.308. The Morgan fingerprint density at radius 2 is 1.71 bits per heavy atom. The van der Waals surface area contributed by atoms with E-state index >= 15 is 0 Å². The Kier molecular flexibility index (Phi) is 7.60. The van der Waals surface area contributed by atoms with Crippen molar-refractivity contribution in [2.45, 2.75) is 50.9 Å². The second kappa shape index (κ2) is 10.1. The third kappa shape index (κ3) is 5.38. The van der Waals surface area contributed by atoms with E-state index in [1.54, 1.807) is 23.3 Å². The lowest BCUT2D eigenvalue weighted by atomic mass is 9.98. The number of rotatable bonds is 6. The summed E-state index contributed by atoms with van der Waals surface area (Å²) in [5.41, 5.74) is 0.0242. The highest BCUT2D eigenvalue weighted by atomic mass is 32.2. The number of thioether (sulfide) groups is 1. The molecule has 0 aliphatic rings. The first kappa shape index (κ1) is 25.6. The van der Waals surface area contributed by atoms with E-state index in [9.17, 15) is 22.8 Å². The number of carbonyl (C=O) groups excluding carboxylic acids is 1. The Labute approximate surface area is 201 Å². The fourth-order valence-corrected chi connectivity index (χ4v) is 4.27. The molecule has 3 aromatic rings. The Balaban J connectivity index is 2.07. The maximum absolute atomic E-state index is 13.4. The van der Waals surface area contributed by atoms with E-state index in [-0.39, 0.29) is 28.8 Å². The number of alkyl halides is 3. The van der Waals surface area contributed by atoms with Gasteiger partial charge in [0.2, 0.25) is 5.43 Å². The first-order chi connectivity index (χ1) is 15.9. The van der Waals surface area contributed by atoms with Gasteiger partial charge < -0.3 is 9.88 Å². The van der Waals surface area contributed by atoms with Crippen LogP contribution in [0, 0.1) is 6.92 Å². The summed E-state index contributed by atoms with van der Waals surface area (Å²) in [4.78, 5) is 27.7. The van der Waals surface area contributed by atoms with Crippen molar-refractivity contribution in [1.29, 1.82) is 0 Å². The van der Waals surface area contributed by atoms with E-state index in [0.29, 0.717) is 5.69 Å². The predicted molar refractivity (Wildman–Crippen MR) is 130 cm³/mol. The van der Waals surface area contributed by atoms with Crippen LogP contribution in [0.25, 0.3) is 11.1 Å². The van der Waals surface area contributed by atoms with Gasteiger partial charge in [-0.05, 0) is 69.3 Å². The van der Waals surface area contributed by atoms with Crippen molar-refractivity contribution in [3.63, 3.8) is 0 Å². The van der Waals surface area contributed by atoms with E-state index in [1.165, 1.54) is 18.3 Å². The van der Waals surface area contributed by atoms with E-state index in [0.717, 1.165) is 22.6 Å². The number of hydrogen-bond acceptors (Lipinski definition) is 3. The van der Waals surface area contributed by atoms with Gasteiger partial charge in [-0.25, -0.2) is 0 Å². The number of amides is 1. The summed E-state index contributed by atoms with van der Waals surface area (Å²) in [6.45, 7) is 7.25. The van der Waals surface area contributed by atoms with Gasteiger partial charge in [0.1, 0.15) is 5.56 Å². The van der Waals surface area contributed by atoms with Crippen LogP contribution in [0.4, 0.5) is 13.2 Å². The molecule has 0 bridgehead atoms. The van der Waals surface area contributed by atoms with Crippen LogP contribution in [0.3, 0.4) is 0 Å². The highest BCUT2D eigenvalue weighted by Crippen LogP contribution is 2.32. The van der Waals surface area contributed by atoms with Crippen molar-refractivity contribution in [3.8, 4) is 11.1 Å². The zero-order valence-corrected chi connectivity index (χ0v) is 20.5. The van der Waals surface area contributed by atoms with Crippen LogP contribution in [0.2, 0.25) is 0 Å². The van der Waals surface area contributed by atoms with E-state index in [2.05, 4.69) is 5.32 Å². The quantitative estimate of drug-likeness (QED) is 0.396. The summed E-state index contributed by atoms with van der Waals surface area (Å²) >= 11 is 1.61. The third-order valence-corrected chi connectivity index (χ3v) is 6.48. The molecule has 0 aliphatic carbocycles. The molecule has 0 aliphatic heterocycles. The van der Waals surface area contributed by atoms with Crippen molar-refractivity contribution in [3.05, 3.63) is 87.3 Å². The highest BCUT2D eigenvalue weighted by molar-refractivity contribution is 7.98. The molecule has 8 heteroatoms. The molecule has 0 spiro atoms. The van der Waals surface area contributed by atoms with E-state index in [1.807, 2.05) is 51.3 Å². The zero-order chi connectivity index (χ0) is 25.2. The fourth-order valence-electron chi connectivity index (χ4n) is 3.86. The van der Waals surface area contributed by atoms with Crippen molar-refractivity contribution in [2.75, 3.05) is 6.26 Å². The summed E-state index contributed by atoms with van der Waals surface area (Å²) in [6, 6.07) is 11.9. The van der Waals surface area contributed by atoms with Gasteiger partial charge >= 0.3 is 6.18 Å². The van der Waals surface area contributed by atoms with Gasteiger partial charge in [0, 0.05) is 28.4 Å². The smallest absolute Gasteiger partial charge is 0.348 e. The van der Waals surface area contributed by atoms with Gasteiger partial charge in [-0.3, -0.25) is 9.59 Å². The van der Waals surface area contributed by atoms with Crippen molar-refractivity contribution in [2.24, 2.45) is 0 Å². The molecule has 1 unspecified atom stereocenters. The molecule has 1 aromatic heterocycles. The standard InChI is InChI=1S/C26H27F3N2O2S/c1-15(2)31-14-22(25(33)30-16(3)18-9-11-21(34-5)12-10-18)24(32)23(17(31)4)19-7-6-8-20(13-19)26(27,28)29/h6-16H,1-5H3,(H,30,33). The summed E-state index contributed by atoms with van der Waals surface area (Å²) < 4.78 is 41.6. The van der Waals surface area contributed by atoms with Gasteiger partial charge in [0.15, 0.2) is 0 Å². The molecule has 3 rings (SSSR count). The van der Waals surface area contributed by atoms with Gasteiger partial charge in [0.05, 0.1) is 11.6 Å². The molecular formula is C26H27F3N2O2S. The molecular weight excluding hydrogens is 461 g/mol. The van der Waals surface area contributed by atoms with Crippen LogP contribution in [0.15, 0.2) is 64.4 Å². The van der Waals surface area contributed by atoms with Crippen molar-refractivity contribution >= 4 is 17.7 Å². The largest absolute Gasteiger partial charge is 0.416 e. The summed E-state index contributed by atoms with van der Waals surface area (Å²) in [5.74, 6) is -0.575. The molecule has 0 radical (unpaired) electrons. The lowest BCUT2D eigenvalue weighted by Gasteiger charge is -2.21.